The van der Waals surface area contributed by atoms with E-state index in [1.165, 1.54) is 47.6 Å². The van der Waals surface area contributed by atoms with Gasteiger partial charge in [0.05, 0.1) is 26.6 Å². The monoisotopic (exact) mass is 830 g/mol. The highest BCUT2D eigenvalue weighted by Gasteiger charge is 2.51. The topological polar surface area (TPSA) is 370 Å². The van der Waals surface area contributed by atoms with E-state index in [0.29, 0.717) is 0 Å². The van der Waals surface area contributed by atoms with E-state index in [0.717, 1.165) is 0 Å². The maximum absolute atomic E-state index is 12.7. The fraction of sp³-hybridized carbons (Fsp3) is 0.583. The molecule has 0 aromatic carbocycles. The van der Waals surface area contributed by atoms with Gasteiger partial charge >= 0.3 is 29.1 Å². The highest BCUT2D eigenvalue weighted by molar-refractivity contribution is 7.66. The number of aromatic amines is 2. The van der Waals surface area contributed by atoms with Crippen molar-refractivity contribution in [3.05, 3.63) is 39.2 Å². The number of phosphoric ester groups is 2. The van der Waals surface area contributed by atoms with Crippen LogP contribution in [0.4, 0.5) is 5.95 Å². The predicted octanol–water partition coefficient (Wildman–Crippen LogP) is -2.51. The summed E-state index contributed by atoms with van der Waals surface area (Å²) in [5, 5.41) is 21.2. The van der Waals surface area contributed by atoms with Crippen LogP contribution in [0, 0.1) is 6.92 Å². The zero-order chi connectivity index (χ0) is 39.5. The van der Waals surface area contributed by atoms with Crippen LogP contribution in [0.2, 0.25) is 0 Å². The van der Waals surface area contributed by atoms with Gasteiger partial charge in [0.25, 0.3) is 17.1 Å². The molecule has 11 atom stereocenters. The molecule has 4 aromatic heterocycles. The minimum atomic E-state index is -5.95. The second-order valence-electron chi connectivity index (χ2n) is 11.9. The molecule has 0 aliphatic carbocycles. The Kier molecular flexibility index (Phi) is 11.2. The lowest BCUT2D eigenvalue weighted by Gasteiger charge is -2.22. The summed E-state index contributed by atoms with van der Waals surface area (Å²) in [6.07, 6.45) is -8.20. The Hall–Kier alpha value is -3.33. The summed E-state index contributed by atoms with van der Waals surface area (Å²) in [7, 11) is -13.1. The minimum absolute atomic E-state index is 0.0131. The third-order valence-corrected chi connectivity index (χ3v) is 12.5. The van der Waals surface area contributed by atoms with Gasteiger partial charge < -0.3 is 54.6 Å². The van der Waals surface area contributed by atoms with Crippen LogP contribution in [0.3, 0.4) is 0 Å². The van der Waals surface area contributed by atoms with Crippen LogP contribution in [0.5, 0.6) is 0 Å². The number of fused-ring (bicyclic) bond motifs is 2. The van der Waals surface area contributed by atoms with Crippen LogP contribution < -0.4 is 21.4 Å². The maximum Gasteiger partial charge on any atom is 0.490 e. The molecule has 2 aliphatic heterocycles. The Balaban J connectivity index is 1.07. The third kappa shape index (κ3) is 7.99. The molecule has 2 fully saturated rings. The number of nitrogens with zero attached hydrogens (tertiary/aromatic N) is 6. The fourth-order valence-electron chi connectivity index (χ4n) is 6.03. The summed E-state index contributed by atoms with van der Waals surface area (Å²) in [6, 6.07) is 0. The quantitative estimate of drug-likeness (QED) is 0.0480. The number of H-pyrrole nitrogens is 2. The first kappa shape index (κ1) is 40.3. The van der Waals surface area contributed by atoms with Gasteiger partial charge in [-0.25, -0.2) is 28.2 Å². The van der Waals surface area contributed by atoms with Gasteiger partial charge in [0, 0.05) is 14.2 Å². The van der Waals surface area contributed by atoms with E-state index in [1.807, 2.05) is 0 Å². The largest absolute Gasteiger partial charge is 0.490 e. The molecule has 298 valence electrons. The molecule has 0 radical (unpaired) electrons. The highest BCUT2D eigenvalue weighted by atomic mass is 31.3. The number of nitrogens with one attached hydrogen (secondary N) is 2. The molecule has 6 rings (SSSR count). The Morgan fingerprint density at radius 3 is 2.17 bits per heavy atom. The second-order valence-corrected chi connectivity index (χ2v) is 16.5. The first-order chi connectivity index (χ1) is 25.2. The maximum atomic E-state index is 12.7. The first-order valence-corrected chi connectivity index (χ1v) is 19.9. The molecule has 4 aromatic rings. The molecule has 6 heterocycles. The van der Waals surface area contributed by atoms with Gasteiger partial charge in [-0.1, -0.05) is 4.98 Å². The number of methoxy groups -OCH3 is 2. The summed E-state index contributed by atoms with van der Waals surface area (Å²) < 4.78 is 82.0. The summed E-state index contributed by atoms with van der Waals surface area (Å²) in [5.41, 5.74) is 4.58. The molecule has 0 bridgehead atoms. The Labute approximate surface area is 301 Å². The van der Waals surface area contributed by atoms with E-state index in [9.17, 15) is 48.2 Å². The van der Waals surface area contributed by atoms with Gasteiger partial charge in [-0.3, -0.25) is 32.8 Å². The molecular weight excluding hydrogens is 795 g/mol. The van der Waals surface area contributed by atoms with Crippen molar-refractivity contribution in [2.24, 2.45) is 7.05 Å². The number of aliphatic hydroxyl groups is 2. The lowest BCUT2D eigenvalue weighted by molar-refractivity contribution is -0.745. The van der Waals surface area contributed by atoms with E-state index in [4.69, 9.17) is 29.2 Å². The van der Waals surface area contributed by atoms with Gasteiger partial charge in [-0.05, 0) is 6.92 Å². The van der Waals surface area contributed by atoms with Crippen molar-refractivity contribution in [3.8, 4) is 0 Å². The van der Waals surface area contributed by atoms with Crippen molar-refractivity contribution in [1.82, 2.24) is 34.1 Å². The van der Waals surface area contributed by atoms with E-state index < -0.39 is 96.9 Å². The average Bonchev–Trinajstić information content (AvgIpc) is 3.80. The number of ether oxygens (including phenoxy) is 4. The van der Waals surface area contributed by atoms with Crippen LogP contribution in [0.25, 0.3) is 22.3 Å². The number of phosphoric acid groups is 3. The molecular formula is C24H35N9O18P3+. The Morgan fingerprint density at radius 1 is 0.907 bits per heavy atom. The van der Waals surface area contributed by atoms with Crippen molar-refractivity contribution in [2.45, 2.75) is 56.0 Å². The van der Waals surface area contributed by atoms with Crippen LogP contribution in [0.15, 0.2) is 22.2 Å². The number of nitrogen functional groups attached to an aromatic ring is 1. The number of nitrogens with two attached hydrogens (primary N) is 1. The SMILES string of the molecule is COC1[C@@H](COP(=O)(O)OP(=O)(O)OP(=O)(O)OC[C@H]2O[C@@H]([n+]3cn(C)c4c(=O)[nH]c(N)nc43)[C@@H](O)C2O)O[C@@H](n2cnc3c(=O)[nH]c(C)nc32)[C@H]1OC. The van der Waals surface area contributed by atoms with Crippen molar-refractivity contribution in [1.29, 1.82) is 0 Å². The number of aromatic nitrogens is 8. The molecule has 5 unspecified atom stereocenters. The summed E-state index contributed by atoms with van der Waals surface area (Å²) in [4.78, 5) is 72.3. The van der Waals surface area contributed by atoms with Gasteiger partial charge in [-0.2, -0.15) is 8.62 Å². The summed E-state index contributed by atoms with van der Waals surface area (Å²) in [5.74, 6) is 0.00609. The molecule has 27 nitrogen and oxygen atoms in total. The van der Waals surface area contributed by atoms with Crippen molar-refractivity contribution in [3.63, 3.8) is 0 Å². The van der Waals surface area contributed by atoms with Crippen LogP contribution in [-0.2, 0) is 57.4 Å². The molecule has 0 spiro atoms. The van der Waals surface area contributed by atoms with Crippen LogP contribution in [0.1, 0.15) is 18.3 Å². The minimum Gasteiger partial charge on any atom is -0.387 e. The highest BCUT2D eigenvalue weighted by Crippen LogP contribution is 2.67. The zero-order valence-electron chi connectivity index (χ0n) is 28.3. The number of hydrogen-bond donors (Lipinski definition) is 8. The third-order valence-electron chi connectivity index (χ3n) is 8.27. The fourth-order valence-corrected chi connectivity index (χ4v) is 9.56. The van der Waals surface area contributed by atoms with E-state index in [1.54, 1.807) is 6.92 Å². The number of rotatable bonds is 14. The van der Waals surface area contributed by atoms with Gasteiger partial charge in [0.15, 0.2) is 23.7 Å². The average molecular weight is 831 g/mol. The molecule has 0 saturated carbocycles. The molecule has 54 heavy (non-hydrogen) atoms. The van der Waals surface area contributed by atoms with Crippen molar-refractivity contribution < 1.29 is 79.8 Å². The Bertz CT molecular complexity index is 2310. The molecule has 2 aliphatic rings. The van der Waals surface area contributed by atoms with E-state index >= 15 is 0 Å². The Morgan fingerprint density at radius 2 is 1.54 bits per heavy atom. The standard InChI is InChI=1S/C24H34N9O18P3/c1-9-27-18-12(20(36)28-9)26-7-32(18)23-17(45-4)16(44-3)11(49-23)6-47-53(40,41)51-54(42,43)50-52(38,39)46-5-10-14(34)15(35)22(48-10)33-8-31(2)13-19(33)29-24(25)30-21(13)37/h7-8,10-11,14-17,22-23,34-35H,5-6H2,1-4H3,(H6-,25,27,28,29,30,36,37,38,39,40,41,42,43)/p+1/t10-,11-,14?,15+,16?,17+,22-,23-/m1/s1. The number of aryl methyl sites for hydroxylation is 2. The number of aliphatic hydroxyl groups excluding tert-OH is 2. The lowest BCUT2D eigenvalue weighted by atomic mass is 10.1. The smallest absolute Gasteiger partial charge is 0.387 e. The molecule has 2 saturated heterocycles. The lowest BCUT2D eigenvalue weighted by Crippen LogP contribution is -2.46. The zero-order valence-corrected chi connectivity index (χ0v) is 31.0. The molecule has 0 amide bonds. The first-order valence-electron chi connectivity index (χ1n) is 15.4. The van der Waals surface area contributed by atoms with E-state index in [2.05, 4.69) is 38.1 Å². The predicted molar refractivity (Wildman–Crippen MR) is 174 cm³/mol. The van der Waals surface area contributed by atoms with Crippen molar-refractivity contribution in [2.75, 3.05) is 33.2 Å². The molecule has 30 heteroatoms. The normalized spacial score (nSPS) is 29.4. The van der Waals surface area contributed by atoms with Crippen LogP contribution in [-0.4, -0.2) is 123 Å². The van der Waals surface area contributed by atoms with Gasteiger partial charge in [0.2, 0.25) is 11.7 Å². The second kappa shape index (κ2) is 15.0. The number of hydrogen-bond acceptors (Lipinski definition) is 19. The van der Waals surface area contributed by atoms with Crippen LogP contribution >= 0.6 is 23.5 Å². The van der Waals surface area contributed by atoms with Crippen molar-refractivity contribution >= 4 is 51.7 Å². The summed E-state index contributed by atoms with van der Waals surface area (Å²) in [6.45, 7) is -0.351. The van der Waals surface area contributed by atoms with E-state index in [-0.39, 0.29) is 34.1 Å². The number of anilines is 1. The molecule has 9 N–H and O–H groups in total. The number of imidazole rings is 2. The van der Waals surface area contributed by atoms with Gasteiger partial charge in [0.1, 0.15) is 42.4 Å². The summed E-state index contributed by atoms with van der Waals surface area (Å²) >= 11 is 0. The van der Waals surface area contributed by atoms with Gasteiger partial charge in [-0.15, -0.1) is 0 Å².